The molecule has 0 fully saturated rings. The van der Waals surface area contributed by atoms with Crippen molar-refractivity contribution in [2.75, 3.05) is 32.1 Å². The summed E-state index contributed by atoms with van der Waals surface area (Å²) in [7, 11) is 1.26. The predicted molar refractivity (Wildman–Crippen MR) is 105 cm³/mol. The summed E-state index contributed by atoms with van der Waals surface area (Å²) in [6.07, 6.45) is 2.79. The van der Waals surface area contributed by atoms with Crippen LogP contribution >= 0.6 is 0 Å². The number of benzene rings is 1. The van der Waals surface area contributed by atoms with E-state index in [9.17, 15) is 9.59 Å². The average molecular weight is 400 g/mol. The summed E-state index contributed by atoms with van der Waals surface area (Å²) in [6.45, 7) is 2.14. The molecule has 0 spiro atoms. The lowest BCUT2D eigenvalue weighted by atomic mass is 10.2. The number of aryl methyl sites for hydroxylation is 1. The van der Waals surface area contributed by atoms with Crippen LogP contribution in [0.5, 0.6) is 0 Å². The van der Waals surface area contributed by atoms with Crippen LogP contribution in [0.15, 0.2) is 40.0 Å². The summed E-state index contributed by atoms with van der Waals surface area (Å²) in [5.41, 5.74) is 1.76. The minimum atomic E-state index is -0.580. The van der Waals surface area contributed by atoms with Crippen molar-refractivity contribution in [2.24, 2.45) is 0 Å². The molecule has 1 amide bonds. The van der Waals surface area contributed by atoms with Gasteiger partial charge in [-0.15, -0.1) is 10.2 Å². The highest BCUT2D eigenvalue weighted by molar-refractivity contribution is 6.08. The lowest BCUT2D eigenvalue weighted by Crippen LogP contribution is -2.31. The summed E-state index contributed by atoms with van der Waals surface area (Å²) in [6, 6.07) is 7.11. The second-order valence-corrected chi connectivity index (χ2v) is 6.60. The Hall–Kier alpha value is -3.20. The van der Waals surface area contributed by atoms with Crippen LogP contribution in [-0.2, 0) is 20.7 Å². The van der Waals surface area contributed by atoms with Crippen LogP contribution in [0.25, 0.3) is 11.5 Å². The maximum atomic E-state index is 12.6. The van der Waals surface area contributed by atoms with Gasteiger partial charge in [0.1, 0.15) is 5.70 Å². The first-order chi connectivity index (χ1) is 14.1. The van der Waals surface area contributed by atoms with Gasteiger partial charge in [-0.2, -0.15) is 0 Å². The zero-order valence-electron chi connectivity index (χ0n) is 16.5. The first kappa shape index (κ1) is 20.5. The molecule has 0 unspecified atom stereocenters. The Morgan fingerprint density at radius 3 is 2.72 bits per heavy atom. The lowest BCUT2D eigenvalue weighted by Gasteiger charge is -2.15. The van der Waals surface area contributed by atoms with Gasteiger partial charge in [0.15, 0.2) is 0 Å². The standard InChI is InChI=1S/C20H24N4O5/c1-3-4-5-16-22-23-18(29-16)13-6-8-14(9-7-13)21-17-15(20(27)28-2)12-24(10-11-25)19(17)26/h6-9,21,25H,3-5,10-12H2,1-2H3. The lowest BCUT2D eigenvalue weighted by molar-refractivity contribution is -0.136. The zero-order valence-corrected chi connectivity index (χ0v) is 16.5. The molecule has 2 aromatic rings. The van der Waals surface area contributed by atoms with Crippen molar-refractivity contribution in [3.8, 4) is 11.5 Å². The van der Waals surface area contributed by atoms with Crippen molar-refractivity contribution in [3.63, 3.8) is 0 Å². The Kier molecular flexibility index (Phi) is 6.61. The van der Waals surface area contributed by atoms with E-state index in [-0.39, 0.29) is 36.9 Å². The summed E-state index contributed by atoms with van der Waals surface area (Å²) in [5, 5.41) is 20.2. The molecule has 1 aliphatic rings. The fourth-order valence-electron chi connectivity index (χ4n) is 2.99. The van der Waals surface area contributed by atoms with Crippen LogP contribution in [0, 0.1) is 0 Å². The van der Waals surface area contributed by atoms with Crippen LogP contribution in [0.2, 0.25) is 0 Å². The van der Waals surface area contributed by atoms with Crippen molar-refractivity contribution >= 4 is 17.6 Å². The molecule has 1 aliphatic heterocycles. The second-order valence-electron chi connectivity index (χ2n) is 6.60. The molecule has 29 heavy (non-hydrogen) atoms. The fraction of sp³-hybridized carbons (Fsp3) is 0.400. The molecule has 9 nitrogen and oxygen atoms in total. The van der Waals surface area contributed by atoms with Gasteiger partial charge >= 0.3 is 5.97 Å². The van der Waals surface area contributed by atoms with E-state index in [1.54, 1.807) is 24.3 Å². The number of esters is 1. The predicted octanol–water partition coefficient (Wildman–Crippen LogP) is 1.75. The summed E-state index contributed by atoms with van der Waals surface area (Å²) >= 11 is 0. The van der Waals surface area contributed by atoms with E-state index in [1.807, 2.05) is 0 Å². The van der Waals surface area contributed by atoms with Crippen LogP contribution in [0.4, 0.5) is 5.69 Å². The third kappa shape index (κ3) is 4.62. The first-order valence-corrected chi connectivity index (χ1v) is 9.48. The third-order valence-electron chi connectivity index (χ3n) is 4.57. The fourth-order valence-corrected chi connectivity index (χ4v) is 2.99. The van der Waals surface area contributed by atoms with Gasteiger partial charge in [-0.1, -0.05) is 13.3 Å². The van der Waals surface area contributed by atoms with Crippen molar-refractivity contribution in [3.05, 3.63) is 41.4 Å². The van der Waals surface area contributed by atoms with Crippen molar-refractivity contribution in [1.29, 1.82) is 0 Å². The number of carbonyl (C=O) groups is 2. The molecule has 154 valence electrons. The topological polar surface area (TPSA) is 118 Å². The average Bonchev–Trinajstić information content (AvgIpc) is 3.33. The molecule has 9 heteroatoms. The molecule has 1 aromatic carbocycles. The van der Waals surface area contributed by atoms with E-state index >= 15 is 0 Å². The van der Waals surface area contributed by atoms with Gasteiger partial charge in [-0.25, -0.2) is 4.79 Å². The largest absolute Gasteiger partial charge is 0.466 e. The van der Waals surface area contributed by atoms with Gasteiger partial charge in [0, 0.05) is 24.2 Å². The molecule has 0 radical (unpaired) electrons. The Balaban J connectivity index is 1.76. The van der Waals surface area contributed by atoms with Gasteiger partial charge in [-0.3, -0.25) is 4.79 Å². The Morgan fingerprint density at radius 1 is 1.31 bits per heavy atom. The molecule has 0 bridgehead atoms. The number of anilines is 1. The minimum Gasteiger partial charge on any atom is -0.466 e. The van der Waals surface area contributed by atoms with E-state index < -0.39 is 5.97 Å². The number of nitrogens with one attached hydrogen (secondary N) is 1. The maximum Gasteiger partial charge on any atom is 0.337 e. The van der Waals surface area contributed by atoms with Gasteiger partial charge in [0.2, 0.25) is 11.8 Å². The number of carbonyl (C=O) groups excluding carboxylic acids is 2. The smallest absolute Gasteiger partial charge is 0.337 e. The van der Waals surface area contributed by atoms with Crippen LogP contribution < -0.4 is 5.32 Å². The highest BCUT2D eigenvalue weighted by Crippen LogP contribution is 2.25. The Bertz CT molecular complexity index is 904. The molecule has 0 atom stereocenters. The summed E-state index contributed by atoms with van der Waals surface area (Å²) in [5.74, 6) is 0.102. The number of amides is 1. The first-order valence-electron chi connectivity index (χ1n) is 9.48. The number of hydrogen-bond acceptors (Lipinski definition) is 8. The number of β-amino-alcohol motifs (C(OH)–C–C–N with tert-alkyl or cyclic N) is 1. The number of nitrogens with zero attached hydrogens (tertiary/aromatic N) is 3. The summed E-state index contributed by atoms with van der Waals surface area (Å²) in [4.78, 5) is 26.0. The molecule has 2 N–H and O–H groups in total. The monoisotopic (exact) mass is 400 g/mol. The molecular weight excluding hydrogens is 376 g/mol. The summed E-state index contributed by atoms with van der Waals surface area (Å²) < 4.78 is 10.4. The van der Waals surface area contributed by atoms with Gasteiger partial charge in [0.05, 0.1) is 25.8 Å². The van der Waals surface area contributed by atoms with Gasteiger partial charge < -0.3 is 24.5 Å². The molecule has 3 rings (SSSR count). The normalized spacial score (nSPS) is 13.9. The number of methoxy groups -OCH3 is 1. The number of ether oxygens (including phenoxy) is 1. The highest BCUT2D eigenvalue weighted by Gasteiger charge is 2.34. The molecule has 0 saturated heterocycles. The van der Waals surface area contributed by atoms with Crippen LogP contribution in [-0.4, -0.2) is 58.9 Å². The maximum absolute atomic E-state index is 12.6. The quantitative estimate of drug-likeness (QED) is 0.611. The van der Waals surface area contributed by atoms with E-state index in [0.29, 0.717) is 17.5 Å². The number of aliphatic hydroxyl groups is 1. The Labute approximate surface area is 168 Å². The van der Waals surface area contributed by atoms with Crippen molar-refractivity contribution in [2.45, 2.75) is 26.2 Å². The number of rotatable bonds is 9. The van der Waals surface area contributed by atoms with Crippen molar-refractivity contribution < 1.29 is 23.8 Å². The molecule has 0 aliphatic carbocycles. The van der Waals surface area contributed by atoms with Gasteiger partial charge in [-0.05, 0) is 30.7 Å². The number of unbranched alkanes of at least 4 members (excludes halogenated alkanes) is 1. The molecule has 2 heterocycles. The van der Waals surface area contributed by atoms with E-state index in [4.69, 9.17) is 14.3 Å². The number of aromatic nitrogens is 2. The number of hydrogen-bond donors (Lipinski definition) is 2. The number of aliphatic hydroxyl groups excluding tert-OH is 1. The van der Waals surface area contributed by atoms with E-state index in [0.717, 1.165) is 24.8 Å². The minimum absolute atomic E-state index is 0.0923. The molecule has 1 aromatic heterocycles. The van der Waals surface area contributed by atoms with E-state index in [1.165, 1.54) is 12.0 Å². The third-order valence-corrected chi connectivity index (χ3v) is 4.57. The molecular formula is C20H24N4O5. The SMILES string of the molecule is CCCCc1nnc(-c2ccc(NC3=C(C(=O)OC)CN(CCO)C3=O)cc2)o1. The van der Waals surface area contributed by atoms with E-state index in [2.05, 4.69) is 22.4 Å². The Morgan fingerprint density at radius 2 is 2.07 bits per heavy atom. The van der Waals surface area contributed by atoms with Crippen LogP contribution in [0.3, 0.4) is 0 Å². The van der Waals surface area contributed by atoms with Gasteiger partial charge in [0.25, 0.3) is 5.91 Å². The van der Waals surface area contributed by atoms with Crippen LogP contribution in [0.1, 0.15) is 25.7 Å². The highest BCUT2D eigenvalue weighted by atomic mass is 16.5. The molecule has 0 saturated carbocycles. The zero-order chi connectivity index (χ0) is 20.8. The second kappa shape index (κ2) is 9.33. The van der Waals surface area contributed by atoms with Crippen molar-refractivity contribution in [1.82, 2.24) is 15.1 Å².